The highest BCUT2D eigenvalue weighted by Crippen LogP contribution is 2.26. The molecule has 1 aromatic rings. The zero-order valence-corrected chi connectivity index (χ0v) is 10.5. The smallest absolute Gasteiger partial charge is 0.0957 e. The van der Waals surface area contributed by atoms with E-state index >= 15 is 0 Å². The van der Waals surface area contributed by atoms with Gasteiger partial charge in [-0.2, -0.15) is 0 Å². The molecule has 96 valence electrons. The quantitative estimate of drug-likeness (QED) is 0.787. The van der Waals surface area contributed by atoms with E-state index in [4.69, 9.17) is 4.74 Å². The van der Waals surface area contributed by atoms with Crippen molar-refractivity contribution in [3.8, 4) is 0 Å². The van der Waals surface area contributed by atoms with Crippen LogP contribution in [0.2, 0.25) is 0 Å². The lowest BCUT2D eigenvalue weighted by Gasteiger charge is -2.29. The van der Waals surface area contributed by atoms with Crippen molar-refractivity contribution in [3.63, 3.8) is 0 Å². The summed E-state index contributed by atoms with van der Waals surface area (Å²) in [6.45, 7) is 8.49. The predicted molar refractivity (Wildman–Crippen MR) is 73.9 cm³/mol. The molecular weight excluding hydrogens is 226 g/mol. The van der Waals surface area contributed by atoms with Gasteiger partial charge in [-0.15, -0.1) is 0 Å². The van der Waals surface area contributed by atoms with E-state index in [0.717, 1.165) is 45.1 Å². The molecule has 0 bridgehead atoms. The predicted octanol–water partition coefficient (Wildman–Crippen LogP) is 1.55. The number of anilines is 2. The Bertz CT molecular complexity index is 452. The van der Waals surface area contributed by atoms with E-state index in [1.807, 2.05) is 0 Å². The Morgan fingerprint density at radius 3 is 2.89 bits per heavy atom. The van der Waals surface area contributed by atoms with Gasteiger partial charge in [0.05, 0.1) is 19.0 Å². The Kier molecular flexibility index (Phi) is 3.11. The minimum Gasteiger partial charge on any atom is -0.378 e. The monoisotopic (exact) mass is 245 g/mol. The van der Waals surface area contributed by atoms with Gasteiger partial charge in [-0.1, -0.05) is 6.58 Å². The summed E-state index contributed by atoms with van der Waals surface area (Å²) in [6, 6.07) is 6.61. The number of nitrogens with zero attached hydrogens (tertiary/aromatic N) is 1. The molecule has 0 atom stereocenters. The second-order valence-electron chi connectivity index (χ2n) is 4.72. The Labute approximate surface area is 108 Å². The summed E-state index contributed by atoms with van der Waals surface area (Å²) in [5.74, 6) is 0.882. The number of ether oxygens (including phenoxy) is 1. The molecule has 0 saturated carbocycles. The van der Waals surface area contributed by atoms with E-state index in [2.05, 4.69) is 40.3 Å². The molecular formula is C14H19N3O. The van der Waals surface area contributed by atoms with E-state index in [-0.39, 0.29) is 0 Å². The summed E-state index contributed by atoms with van der Waals surface area (Å²) in [5.41, 5.74) is 3.82. The Morgan fingerprint density at radius 1 is 1.22 bits per heavy atom. The van der Waals surface area contributed by atoms with Crippen LogP contribution in [0.4, 0.5) is 11.4 Å². The van der Waals surface area contributed by atoms with Gasteiger partial charge in [-0.25, -0.2) is 0 Å². The fourth-order valence-electron chi connectivity index (χ4n) is 2.48. The fourth-order valence-corrected chi connectivity index (χ4v) is 2.48. The number of rotatable bonds is 1. The first-order chi connectivity index (χ1) is 8.83. The average Bonchev–Trinajstić information content (AvgIpc) is 2.59. The molecule has 4 nitrogen and oxygen atoms in total. The zero-order valence-electron chi connectivity index (χ0n) is 10.5. The molecule has 0 spiro atoms. The summed E-state index contributed by atoms with van der Waals surface area (Å²) in [6.07, 6.45) is 1.03. The van der Waals surface area contributed by atoms with Crippen molar-refractivity contribution in [1.29, 1.82) is 0 Å². The molecule has 2 heterocycles. The molecule has 1 fully saturated rings. The number of hydrogen-bond acceptors (Lipinski definition) is 4. The molecule has 2 N–H and O–H groups in total. The summed E-state index contributed by atoms with van der Waals surface area (Å²) in [7, 11) is 0. The third-order valence-corrected chi connectivity index (χ3v) is 3.48. The van der Waals surface area contributed by atoms with Crippen LogP contribution in [0.25, 0.3) is 0 Å². The van der Waals surface area contributed by atoms with E-state index < -0.39 is 0 Å². The number of nitrogens with one attached hydrogen (secondary N) is 2. The average molecular weight is 245 g/mol. The Morgan fingerprint density at radius 2 is 2.06 bits per heavy atom. The number of benzene rings is 1. The second kappa shape index (κ2) is 4.90. The maximum atomic E-state index is 5.39. The fraction of sp³-hybridized carbons (Fsp3) is 0.429. The largest absolute Gasteiger partial charge is 0.378 e. The minimum absolute atomic E-state index is 0.827. The molecule has 0 radical (unpaired) electrons. The summed E-state index contributed by atoms with van der Waals surface area (Å²) < 4.78 is 5.39. The summed E-state index contributed by atoms with van der Waals surface area (Å²) in [5, 5.41) is 6.55. The Hall–Kier alpha value is -1.68. The van der Waals surface area contributed by atoms with Gasteiger partial charge in [0, 0.05) is 31.0 Å². The van der Waals surface area contributed by atoms with Crippen LogP contribution in [0.3, 0.4) is 0 Å². The molecule has 0 aromatic heterocycles. The summed E-state index contributed by atoms with van der Waals surface area (Å²) >= 11 is 0. The zero-order chi connectivity index (χ0) is 12.4. The second-order valence-corrected chi connectivity index (χ2v) is 4.72. The van der Waals surface area contributed by atoms with E-state index in [9.17, 15) is 0 Å². The minimum atomic E-state index is 0.827. The number of fused-ring (bicyclic) bond motifs is 1. The summed E-state index contributed by atoms with van der Waals surface area (Å²) in [4.78, 5) is 2.39. The molecule has 1 aromatic carbocycles. The lowest BCUT2D eigenvalue weighted by atomic mass is 10.1. The highest BCUT2D eigenvalue weighted by molar-refractivity contribution is 5.63. The van der Waals surface area contributed by atoms with E-state index in [0.29, 0.717) is 0 Å². The van der Waals surface area contributed by atoms with Crippen LogP contribution in [-0.2, 0) is 11.2 Å². The van der Waals surface area contributed by atoms with Crippen LogP contribution in [0.1, 0.15) is 5.56 Å². The van der Waals surface area contributed by atoms with Crippen molar-refractivity contribution in [2.75, 3.05) is 43.1 Å². The van der Waals surface area contributed by atoms with Gasteiger partial charge < -0.3 is 20.3 Å². The molecule has 0 amide bonds. The molecule has 2 aliphatic rings. The van der Waals surface area contributed by atoms with Gasteiger partial charge in [-0.3, -0.25) is 0 Å². The van der Waals surface area contributed by atoms with Crippen molar-refractivity contribution < 1.29 is 4.74 Å². The molecule has 18 heavy (non-hydrogen) atoms. The maximum absolute atomic E-state index is 5.39. The van der Waals surface area contributed by atoms with Crippen LogP contribution in [-0.4, -0.2) is 32.8 Å². The highest BCUT2D eigenvalue weighted by atomic mass is 16.5. The number of morpholine rings is 1. The molecule has 0 aliphatic carbocycles. The van der Waals surface area contributed by atoms with Crippen LogP contribution in [0.5, 0.6) is 0 Å². The SMILES string of the molecule is C=C1NCCc2cc(N3CCOCC3)ccc2N1. The van der Waals surface area contributed by atoms with Crippen LogP contribution in [0.15, 0.2) is 30.6 Å². The van der Waals surface area contributed by atoms with Gasteiger partial charge in [0.15, 0.2) is 0 Å². The van der Waals surface area contributed by atoms with Crippen LogP contribution in [0, 0.1) is 0 Å². The topological polar surface area (TPSA) is 36.5 Å². The first-order valence-electron chi connectivity index (χ1n) is 6.48. The lowest BCUT2D eigenvalue weighted by molar-refractivity contribution is 0.122. The van der Waals surface area contributed by atoms with Crippen LogP contribution < -0.4 is 15.5 Å². The molecule has 2 aliphatic heterocycles. The van der Waals surface area contributed by atoms with E-state index in [1.54, 1.807) is 0 Å². The van der Waals surface area contributed by atoms with Crippen molar-refractivity contribution >= 4 is 11.4 Å². The van der Waals surface area contributed by atoms with Gasteiger partial charge in [0.2, 0.25) is 0 Å². The van der Waals surface area contributed by atoms with Crippen molar-refractivity contribution in [2.45, 2.75) is 6.42 Å². The van der Waals surface area contributed by atoms with Gasteiger partial charge in [0.1, 0.15) is 0 Å². The van der Waals surface area contributed by atoms with Crippen LogP contribution >= 0.6 is 0 Å². The van der Waals surface area contributed by atoms with Crippen molar-refractivity contribution in [2.24, 2.45) is 0 Å². The first-order valence-corrected chi connectivity index (χ1v) is 6.48. The Balaban J connectivity index is 1.85. The molecule has 0 unspecified atom stereocenters. The normalized spacial score (nSPS) is 19.6. The maximum Gasteiger partial charge on any atom is 0.0957 e. The lowest BCUT2D eigenvalue weighted by Crippen LogP contribution is -2.36. The highest BCUT2D eigenvalue weighted by Gasteiger charge is 2.14. The van der Waals surface area contributed by atoms with Crippen molar-refractivity contribution in [3.05, 3.63) is 36.2 Å². The molecule has 3 rings (SSSR count). The standard InChI is InChI=1S/C14H19N3O/c1-11-15-5-4-12-10-13(2-3-14(12)16-11)17-6-8-18-9-7-17/h2-3,10,15-16H,1,4-9H2. The number of hydrogen-bond donors (Lipinski definition) is 2. The molecule has 4 heteroatoms. The van der Waals surface area contributed by atoms with Gasteiger partial charge >= 0.3 is 0 Å². The molecule has 1 saturated heterocycles. The van der Waals surface area contributed by atoms with E-state index in [1.165, 1.54) is 16.9 Å². The van der Waals surface area contributed by atoms with Gasteiger partial charge in [0.25, 0.3) is 0 Å². The third-order valence-electron chi connectivity index (χ3n) is 3.48. The first kappa shape index (κ1) is 11.4. The van der Waals surface area contributed by atoms with Gasteiger partial charge in [-0.05, 0) is 30.2 Å². The van der Waals surface area contributed by atoms with Crippen molar-refractivity contribution in [1.82, 2.24) is 5.32 Å². The third kappa shape index (κ3) is 2.29.